The molecule has 1 heterocycles. The maximum Gasteiger partial charge on any atom is 0.135 e. The van der Waals surface area contributed by atoms with Gasteiger partial charge in [0.05, 0.1) is 6.54 Å². The number of halogens is 1. The number of hydrogen-bond donors (Lipinski definition) is 1. The second kappa shape index (κ2) is 3.85. The van der Waals surface area contributed by atoms with E-state index in [2.05, 4.69) is 21.2 Å². The van der Waals surface area contributed by atoms with Gasteiger partial charge in [0.2, 0.25) is 0 Å². The van der Waals surface area contributed by atoms with Crippen LogP contribution in [0.15, 0.2) is 6.07 Å². The molecule has 1 saturated carbocycles. The van der Waals surface area contributed by atoms with Crippen molar-refractivity contribution in [2.75, 3.05) is 11.9 Å². The molecule has 0 amide bonds. The summed E-state index contributed by atoms with van der Waals surface area (Å²) in [4.78, 5) is 8.50. The summed E-state index contributed by atoms with van der Waals surface area (Å²) < 4.78 is 0. The van der Waals surface area contributed by atoms with Crippen LogP contribution < -0.4 is 5.32 Å². The van der Waals surface area contributed by atoms with Crippen LogP contribution in [0, 0.1) is 12.3 Å². The van der Waals surface area contributed by atoms with Crippen LogP contribution in [-0.4, -0.2) is 16.5 Å². The molecule has 0 aromatic carbocycles. The zero-order valence-corrected chi connectivity index (χ0v) is 8.38. The molecular weight excluding hydrogens is 198 g/mol. The van der Waals surface area contributed by atoms with E-state index in [1.54, 1.807) is 6.07 Å². The smallest absolute Gasteiger partial charge is 0.135 e. The van der Waals surface area contributed by atoms with Crippen molar-refractivity contribution in [1.29, 1.82) is 0 Å². The Hall–Kier alpha value is -1.27. The Morgan fingerprint density at radius 1 is 1.57 bits per heavy atom. The number of nitrogens with one attached hydrogen (secondary N) is 1. The molecule has 0 unspecified atom stereocenters. The van der Waals surface area contributed by atoms with Gasteiger partial charge in [-0.1, -0.05) is 17.5 Å². The molecule has 1 fully saturated rings. The van der Waals surface area contributed by atoms with E-state index in [-0.39, 0.29) is 0 Å². The minimum absolute atomic E-state index is 0.456. The van der Waals surface area contributed by atoms with Crippen molar-refractivity contribution in [2.45, 2.75) is 18.8 Å². The second-order valence-corrected chi connectivity index (χ2v) is 3.65. The van der Waals surface area contributed by atoms with E-state index in [0.717, 1.165) is 18.7 Å². The Morgan fingerprint density at radius 3 is 3.00 bits per heavy atom. The van der Waals surface area contributed by atoms with Crippen molar-refractivity contribution in [3.8, 4) is 12.3 Å². The van der Waals surface area contributed by atoms with Gasteiger partial charge in [-0.25, -0.2) is 9.97 Å². The zero-order chi connectivity index (χ0) is 9.97. The number of rotatable bonds is 3. The topological polar surface area (TPSA) is 37.8 Å². The number of anilines is 1. The van der Waals surface area contributed by atoms with Gasteiger partial charge in [0, 0.05) is 12.0 Å². The second-order valence-electron chi connectivity index (χ2n) is 3.27. The summed E-state index contributed by atoms with van der Waals surface area (Å²) in [6.07, 6.45) is 7.46. The van der Waals surface area contributed by atoms with Gasteiger partial charge in [-0.05, 0) is 12.8 Å². The zero-order valence-electron chi connectivity index (χ0n) is 7.63. The largest absolute Gasteiger partial charge is 0.359 e. The van der Waals surface area contributed by atoms with E-state index in [0.29, 0.717) is 23.4 Å². The molecule has 72 valence electrons. The van der Waals surface area contributed by atoms with Gasteiger partial charge in [0.1, 0.15) is 16.8 Å². The third-order valence-corrected chi connectivity index (χ3v) is 2.22. The van der Waals surface area contributed by atoms with Crippen molar-refractivity contribution in [3.63, 3.8) is 0 Å². The van der Waals surface area contributed by atoms with Gasteiger partial charge in [0.25, 0.3) is 0 Å². The molecule has 1 aromatic heterocycles. The lowest BCUT2D eigenvalue weighted by Crippen LogP contribution is -2.03. The monoisotopic (exact) mass is 207 g/mol. The fraction of sp³-hybridized carbons (Fsp3) is 0.400. The van der Waals surface area contributed by atoms with Crippen molar-refractivity contribution in [2.24, 2.45) is 0 Å². The first kappa shape index (κ1) is 9.29. The molecule has 1 aromatic rings. The standard InChI is InChI=1S/C10H10ClN3/c1-2-5-12-9-6-8(11)13-10(14-9)7-3-4-7/h1,6-7H,3-5H2,(H,12,13,14). The first-order valence-electron chi connectivity index (χ1n) is 4.51. The highest BCUT2D eigenvalue weighted by molar-refractivity contribution is 6.29. The van der Waals surface area contributed by atoms with Gasteiger partial charge in [0.15, 0.2) is 0 Å². The predicted molar refractivity (Wildman–Crippen MR) is 56.3 cm³/mol. The lowest BCUT2D eigenvalue weighted by Gasteiger charge is -2.04. The summed E-state index contributed by atoms with van der Waals surface area (Å²) in [6, 6.07) is 1.69. The third-order valence-electron chi connectivity index (χ3n) is 2.03. The Labute approximate surface area is 87.9 Å². The number of hydrogen-bond acceptors (Lipinski definition) is 3. The summed E-state index contributed by atoms with van der Waals surface area (Å²) in [5.74, 6) is 4.53. The van der Waals surface area contributed by atoms with E-state index in [4.69, 9.17) is 18.0 Å². The highest BCUT2D eigenvalue weighted by atomic mass is 35.5. The molecule has 14 heavy (non-hydrogen) atoms. The maximum absolute atomic E-state index is 5.86. The average Bonchev–Trinajstić information content (AvgIpc) is 2.97. The molecule has 0 radical (unpaired) electrons. The minimum atomic E-state index is 0.456. The normalized spacial score (nSPS) is 14.9. The molecule has 1 N–H and O–H groups in total. The predicted octanol–water partition coefficient (Wildman–Crippen LogP) is 2.05. The summed E-state index contributed by atoms with van der Waals surface area (Å²) in [7, 11) is 0. The molecule has 1 aliphatic rings. The summed E-state index contributed by atoms with van der Waals surface area (Å²) in [5.41, 5.74) is 0. The maximum atomic E-state index is 5.86. The fourth-order valence-electron chi connectivity index (χ4n) is 1.19. The molecule has 0 saturated heterocycles. The summed E-state index contributed by atoms with van der Waals surface area (Å²) in [5, 5.41) is 3.46. The van der Waals surface area contributed by atoms with Gasteiger partial charge < -0.3 is 5.32 Å². The van der Waals surface area contributed by atoms with Gasteiger partial charge in [-0.3, -0.25) is 0 Å². The van der Waals surface area contributed by atoms with Crippen LogP contribution in [0.5, 0.6) is 0 Å². The Bertz CT molecular complexity index is 379. The molecule has 3 nitrogen and oxygen atoms in total. The van der Waals surface area contributed by atoms with Gasteiger partial charge in [-0.15, -0.1) is 6.42 Å². The van der Waals surface area contributed by atoms with Crippen LogP contribution in [0.4, 0.5) is 5.82 Å². The first-order chi connectivity index (χ1) is 6.79. The van der Waals surface area contributed by atoms with Crippen LogP contribution in [0.2, 0.25) is 5.15 Å². The molecule has 0 atom stereocenters. The lowest BCUT2D eigenvalue weighted by atomic mass is 10.4. The minimum Gasteiger partial charge on any atom is -0.359 e. The highest BCUT2D eigenvalue weighted by Gasteiger charge is 2.27. The Balaban J connectivity index is 2.18. The molecular formula is C10H10ClN3. The summed E-state index contributed by atoms with van der Waals surface area (Å²) >= 11 is 5.86. The molecule has 4 heteroatoms. The lowest BCUT2D eigenvalue weighted by molar-refractivity contribution is 0.927. The fourth-order valence-corrected chi connectivity index (χ4v) is 1.38. The van der Waals surface area contributed by atoms with E-state index < -0.39 is 0 Å². The number of nitrogens with zero attached hydrogens (tertiary/aromatic N) is 2. The van der Waals surface area contributed by atoms with Crippen LogP contribution in [0.3, 0.4) is 0 Å². The van der Waals surface area contributed by atoms with Crippen LogP contribution in [0.1, 0.15) is 24.6 Å². The third kappa shape index (κ3) is 2.15. The first-order valence-corrected chi connectivity index (χ1v) is 4.89. The van der Waals surface area contributed by atoms with Crippen LogP contribution in [0.25, 0.3) is 0 Å². The van der Waals surface area contributed by atoms with Crippen molar-refractivity contribution < 1.29 is 0 Å². The van der Waals surface area contributed by atoms with Crippen molar-refractivity contribution >= 4 is 17.4 Å². The Kier molecular flexibility index (Phi) is 2.55. The van der Waals surface area contributed by atoms with Crippen molar-refractivity contribution in [3.05, 3.63) is 17.0 Å². The molecule has 2 rings (SSSR count). The molecule has 0 aliphatic heterocycles. The number of aromatic nitrogens is 2. The van der Waals surface area contributed by atoms with Crippen molar-refractivity contribution in [1.82, 2.24) is 9.97 Å². The Morgan fingerprint density at radius 2 is 2.36 bits per heavy atom. The van der Waals surface area contributed by atoms with E-state index >= 15 is 0 Å². The van der Waals surface area contributed by atoms with E-state index in [1.165, 1.54) is 0 Å². The SMILES string of the molecule is C#CCNc1cc(Cl)nc(C2CC2)n1. The van der Waals surface area contributed by atoms with Crippen LogP contribution in [-0.2, 0) is 0 Å². The summed E-state index contributed by atoms with van der Waals surface area (Å²) in [6.45, 7) is 0.456. The van der Waals surface area contributed by atoms with Crippen LogP contribution >= 0.6 is 11.6 Å². The molecule has 0 spiro atoms. The van der Waals surface area contributed by atoms with E-state index in [9.17, 15) is 0 Å². The quantitative estimate of drug-likeness (QED) is 0.609. The number of terminal acetylenes is 1. The van der Waals surface area contributed by atoms with E-state index in [1.807, 2.05) is 0 Å². The van der Waals surface area contributed by atoms with Gasteiger partial charge in [-0.2, -0.15) is 0 Å². The van der Waals surface area contributed by atoms with Gasteiger partial charge >= 0.3 is 0 Å². The average molecular weight is 208 g/mol. The molecule has 0 bridgehead atoms. The highest BCUT2D eigenvalue weighted by Crippen LogP contribution is 2.38. The molecule has 1 aliphatic carbocycles.